The topological polar surface area (TPSA) is 60.9 Å². The Hall–Kier alpha value is -1.10. The molecule has 114 valence electrons. The maximum absolute atomic E-state index is 12.4. The second kappa shape index (κ2) is 7.07. The predicted molar refractivity (Wildman–Crippen MR) is 76.5 cm³/mol. The van der Waals surface area contributed by atoms with Crippen molar-refractivity contribution in [1.82, 2.24) is 9.80 Å². The van der Waals surface area contributed by atoms with Gasteiger partial charge in [-0.15, -0.1) is 0 Å². The van der Waals surface area contributed by atoms with Crippen molar-refractivity contribution in [1.29, 1.82) is 0 Å². The first kappa shape index (κ1) is 15.3. The van der Waals surface area contributed by atoms with Crippen LogP contribution in [0.15, 0.2) is 0 Å². The molecule has 2 fully saturated rings. The molecule has 2 aliphatic rings. The molecule has 1 N–H and O–H groups in total. The minimum absolute atomic E-state index is 0.0153. The van der Waals surface area contributed by atoms with Crippen molar-refractivity contribution >= 4 is 11.9 Å². The highest BCUT2D eigenvalue weighted by Crippen LogP contribution is 2.24. The van der Waals surface area contributed by atoms with Crippen molar-refractivity contribution in [3.63, 3.8) is 0 Å². The number of likely N-dealkylation sites (tertiary alicyclic amines) is 1. The van der Waals surface area contributed by atoms with Gasteiger partial charge in [-0.2, -0.15) is 0 Å². The summed E-state index contributed by atoms with van der Waals surface area (Å²) in [7, 11) is 0. The largest absolute Gasteiger partial charge is 0.480 e. The van der Waals surface area contributed by atoms with Gasteiger partial charge in [0.15, 0.2) is 0 Å². The fourth-order valence-electron chi connectivity index (χ4n) is 3.49. The van der Waals surface area contributed by atoms with E-state index in [2.05, 4.69) is 6.92 Å². The van der Waals surface area contributed by atoms with Gasteiger partial charge in [0.2, 0.25) is 5.91 Å². The molecular weight excluding hydrogens is 256 g/mol. The molecule has 1 aliphatic carbocycles. The number of carboxylic acids is 1. The molecular formula is C15H26N2O3. The third-order valence-corrected chi connectivity index (χ3v) is 4.64. The second-order valence-electron chi connectivity index (χ2n) is 6.17. The molecule has 1 heterocycles. The number of hydrogen-bond acceptors (Lipinski definition) is 3. The van der Waals surface area contributed by atoms with Crippen molar-refractivity contribution in [2.45, 2.75) is 64.0 Å². The Morgan fingerprint density at radius 2 is 1.75 bits per heavy atom. The van der Waals surface area contributed by atoms with E-state index in [1.54, 1.807) is 0 Å². The molecule has 0 aromatic carbocycles. The zero-order valence-corrected chi connectivity index (χ0v) is 12.4. The normalized spacial score (nSPS) is 24.3. The summed E-state index contributed by atoms with van der Waals surface area (Å²) in [4.78, 5) is 27.3. The summed E-state index contributed by atoms with van der Waals surface area (Å²) in [5.74, 6) is -0.734. The number of piperidine rings is 1. The summed E-state index contributed by atoms with van der Waals surface area (Å²) in [5.41, 5.74) is 0. The smallest absolute Gasteiger partial charge is 0.317 e. The van der Waals surface area contributed by atoms with Gasteiger partial charge in [0, 0.05) is 18.6 Å². The van der Waals surface area contributed by atoms with E-state index < -0.39 is 5.97 Å². The molecule has 1 unspecified atom stereocenters. The van der Waals surface area contributed by atoms with Gasteiger partial charge in [0.25, 0.3) is 0 Å². The van der Waals surface area contributed by atoms with Crippen LogP contribution in [0.2, 0.25) is 0 Å². The summed E-state index contributed by atoms with van der Waals surface area (Å²) in [6.07, 6.45) is 7.66. The van der Waals surface area contributed by atoms with Crippen molar-refractivity contribution in [3.05, 3.63) is 0 Å². The van der Waals surface area contributed by atoms with Crippen molar-refractivity contribution in [2.24, 2.45) is 0 Å². The third-order valence-electron chi connectivity index (χ3n) is 4.64. The Kier molecular flexibility index (Phi) is 5.40. The van der Waals surface area contributed by atoms with Crippen LogP contribution in [0, 0.1) is 0 Å². The second-order valence-corrected chi connectivity index (χ2v) is 6.17. The number of carboxylic acid groups (broad SMARTS) is 1. The lowest BCUT2D eigenvalue weighted by Gasteiger charge is -2.36. The summed E-state index contributed by atoms with van der Waals surface area (Å²) < 4.78 is 0. The first-order valence-electron chi connectivity index (χ1n) is 7.83. The zero-order valence-electron chi connectivity index (χ0n) is 12.4. The van der Waals surface area contributed by atoms with Crippen LogP contribution in [-0.2, 0) is 9.59 Å². The zero-order chi connectivity index (χ0) is 14.5. The SMILES string of the molecule is CC1CCCCN1C(=O)CN(CC(=O)O)C1CCCC1. The van der Waals surface area contributed by atoms with Gasteiger partial charge in [-0.1, -0.05) is 12.8 Å². The molecule has 1 atom stereocenters. The van der Waals surface area contributed by atoms with E-state index in [9.17, 15) is 9.59 Å². The summed E-state index contributed by atoms with van der Waals surface area (Å²) >= 11 is 0. The Morgan fingerprint density at radius 1 is 1.10 bits per heavy atom. The lowest BCUT2D eigenvalue weighted by molar-refractivity contribution is -0.141. The molecule has 20 heavy (non-hydrogen) atoms. The molecule has 0 aromatic heterocycles. The maximum atomic E-state index is 12.4. The highest BCUT2D eigenvalue weighted by molar-refractivity contribution is 5.79. The quantitative estimate of drug-likeness (QED) is 0.834. The van der Waals surface area contributed by atoms with E-state index in [-0.39, 0.29) is 25.0 Å². The monoisotopic (exact) mass is 282 g/mol. The van der Waals surface area contributed by atoms with Gasteiger partial charge in [0.05, 0.1) is 13.1 Å². The van der Waals surface area contributed by atoms with Gasteiger partial charge in [0.1, 0.15) is 0 Å². The number of carbonyl (C=O) groups excluding carboxylic acids is 1. The first-order valence-corrected chi connectivity index (χ1v) is 7.83. The first-order chi connectivity index (χ1) is 9.58. The molecule has 1 amide bonds. The number of aliphatic carboxylic acids is 1. The minimum atomic E-state index is -0.837. The Bertz CT molecular complexity index is 353. The lowest BCUT2D eigenvalue weighted by Crippen LogP contribution is -2.49. The standard InChI is InChI=1S/C15H26N2O3/c1-12-6-4-5-9-17(12)14(18)10-16(11-15(19)20)13-7-2-3-8-13/h12-13H,2-11H2,1H3,(H,19,20). The molecule has 1 saturated heterocycles. The Balaban J connectivity index is 1.95. The van der Waals surface area contributed by atoms with E-state index in [0.29, 0.717) is 6.04 Å². The molecule has 0 aromatic rings. The maximum Gasteiger partial charge on any atom is 0.317 e. The fourth-order valence-corrected chi connectivity index (χ4v) is 3.49. The lowest BCUT2D eigenvalue weighted by atomic mass is 10.0. The Labute approximate surface area is 120 Å². The van der Waals surface area contributed by atoms with Crippen LogP contribution in [0.5, 0.6) is 0 Å². The van der Waals surface area contributed by atoms with Crippen LogP contribution in [0.3, 0.4) is 0 Å². The number of nitrogens with zero attached hydrogens (tertiary/aromatic N) is 2. The van der Waals surface area contributed by atoms with Gasteiger partial charge in [-0.3, -0.25) is 14.5 Å². The molecule has 0 spiro atoms. The predicted octanol–water partition coefficient (Wildman–Crippen LogP) is 1.72. The third kappa shape index (κ3) is 3.95. The van der Waals surface area contributed by atoms with E-state index in [4.69, 9.17) is 5.11 Å². The van der Waals surface area contributed by atoms with E-state index in [1.807, 2.05) is 9.80 Å². The fraction of sp³-hybridized carbons (Fsp3) is 0.867. The highest BCUT2D eigenvalue weighted by atomic mass is 16.4. The number of rotatable bonds is 5. The minimum Gasteiger partial charge on any atom is -0.480 e. The molecule has 5 heteroatoms. The van der Waals surface area contributed by atoms with E-state index in [1.165, 1.54) is 6.42 Å². The molecule has 0 radical (unpaired) electrons. The van der Waals surface area contributed by atoms with Crippen LogP contribution in [0.1, 0.15) is 51.9 Å². The summed E-state index contributed by atoms with van der Waals surface area (Å²) in [6, 6.07) is 0.571. The van der Waals surface area contributed by atoms with Crippen molar-refractivity contribution < 1.29 is 14.7 Å². The van der Waals surface area contributed by atoms with Gasteiger partial charge in [-0.25, -0.2) is 0 Å². The average Bonchev–Trinajstić information content (AvgIpc) is 2.91. The summed E-state index contributed by atoms with van der Waals surface area (Å²) in [5, 5.41) is 9.05. The molecule has 2 rings (SSSR count). The molecule has 1 aliphatic heterocycles. The van der Waals surface area contributed by atoms with Gasteiger partial charge < -0.3 is 10.0 Å². The molecule has 0 bridgehead atoms. The van der Waals surface area contributed by atoms with Crippen LogP contribution in [0.4, 0.5) is 0 Å². The van der Waals surface area contributed by atoms with Crippen LogP contribution in [-0.4, -0.2) is 58.5 Å². The molecule has 1 saturated carbocycles. The van der Waals surface area contributed by atoms with Crippen LogP contribution in [0.25, 0.3) is 0 Å². The van der Waals surface area contributed by atoms with Crippen LogP contribution >= 0.6 is 0 Å². The van der Waals surface area contributed by atoms with Crippen molar-refractivity contribution in [2.75, 3.05) is 19.6 Å². The highest BCUT2D eigenvalue weighted by Gasteiger charge is 2.29. The Morgan fingerprint density at radius 3 is 2.35 bits per heavy atom. The van der Waals surface area contributed by atoms with Gasteiger partial charge in [-0.05, 0) is 39.0 Å². The summed E-state index contributed by atoms with van der Waals surface area (Å²) in [6.45, 7) is 3.17. The van der Waals surface area contributed by atoms with Gasteiger partial charge >= 0.3 is 5.97 Å². The van der Waals surface area contributed by atoms with E-state index >= 15 is 0 Å². The average molecular weight is 282 g/mol. The molecule has 5 nitrogen and oxygen atoms in total. The van der Waals surface area contributed by atoms with Crippen LogP contribution < -0.4 is 0 Å². The van der Waals surface area contributed by atoms with Crippen molar-refractivity contribution in [3.8, 4) is 0 Å². The van der Waals surface area contributed by atoms with E-state index in [0.717, 1.165) is 45.1 Å². The number of carbonyl (C=O) groups is 2. The number of hydrogen-bond donors (Lipinski definition) is 1. The number of amides is 1.